The number of rotatable bonds is 21. The predicted molar refractivity (Wildman–Crippen MR) is 486 cm³/mol. The van der Waals surface area contributed by atoms with Gasteiger partial charge in [-0.05, 0) is 216 Å². The number of benzene rings is 5. The first kappa shape index (κ1) is 102. The van der Waals surface area contributed by atoms with Crippen molar-refractivity contribution in [2.24, 2.45) is 23.2 Å². The van der Waals surface area contributed by atoms with Crippen LogP contribution in [0.2, 0.25) is 0 Å². The second-order valence-corrected chi connectivity index (χ2v) is 32.8. The van der Waals surface area contributed by atoms with Crippen molar-refractivity contribution in [3.05, 3.63) is 239 Å². The molecule has 676 valence electrons. The smallest absolute Gasteiger partial charge is 0.413 e. The van der Waals surface area contributed by atoms with E-state index in [1.807, 2.05) is 22.6 Å². The number of alkyl halides is 1. The Hall–Kier alpha value is -12.3. The molecule has 5 aromatic carbocycles. The first-order valence-electron chi connectivity index (χ1n) is 38.1. The third kappa shape index (κ3) is 35.7. The van der Waals surface area contributed by atoms with Crippen LogP contribution in [0.25, 0.3) is 28.4 Å². The summed E-state index contributed by atoms with van der Waals surface area (Å²) in [4.78, 5) is 94.0. The van der Waals surface area contributed by atoms with E-state index in [1.54, 1.807) is 150 Å². The summed E-state index contributed by atoms with van der Waals surface area (Å²) in [5.74, 6) is 7.77. The van der Waals surface area contributed by atoms with Gasteiger partial charge in [0.1, 0.15) is 96.4 Å². The quantitative estimate of drug-likeness (QED) is 0.00605. The Morgan fingerprint density at radius 1 is 0.437 bits per heavy atom. The number of halogens is 7. The molecule has 0 unspecified atom stereocenters. The summed E-state index contributed by atoms with van der Waals surface area (Å²) >= 11 is 9.12. The van der Waals surface area contributed by atoms with Gasteiger partial charge in [-0.1, -0.05) is 57.5 Å². The van der Waals surface area contributed by atoms with Gasteiger partial charge >= 0.3 is 34.1 Å². The number of ketones is 2. The van der Waals surface area contributed by atoms with Crippen molar-refractivity contribution in [1.82, 2.24) is 69.3 Å². The Morgan fingerprint density at radius 3 is 0.937 bits per heavy atom. The first-order chi connectivity index (χ1) is 59.2. The summed E-state index contributed by atoms with van der Waals surface area (Å²) in [5.41, 5.74) is 19.9. The number of carbonyl (C=O) groups is 6. The fraction of sp³-hybridized carbons (Fsp3) is 0.309. The van der Waals surface area contributed by atoms with Crippen molar-refractivity contribution < 1.29 is 71.0 Å². The summed E-state index contributed by atoms with van der Waals surface area (Å²) in [6.07, 6.45) is -1.24. The van der Waals surface area contributed by atoms with E-state index in [0.29, 0.717) is 125 Å². The van der Waals surface area contributed by atoms with Crippen LogP contribution in [0.15, 0.2) is 161 Å². The summed E-state index contributed by atoms with van der Waals surface area (Å²) < 4.78 is 100. The van der Waals surface area contributed by atoms with E-state index in [4.69, 9.17) is 49.7 Å². The highest BCUT2D eigenvalue weighted by Gasteiger charge is 2.26. The van der Waals surface area contributed by atoms with E-state index in [2.05, 4.69) is 78.8 Å². The van der Waals surface area contributed by atoms with E-state index in [1.165, 1.54) is 115 Å². The number of nitrogens with one attached hydrogen (secondary N) is 6. The Balaban J connectivity index is 0.000000278. The number of carbonyl (C=O) groups excluding carboxylic acids is 6. The zero-order valence-electron chi connectivity index (χ0n) is 71.6. The minimum Gasteiger partial charge on any atom is -0.444 e. The van der Waals surface area contributed by atoms with Gasteiger partial charge in [-0.3, -0.25) is 52.1 Å². The molecule has 0 aliphatic heterocycles. The maximum atomic E-state index is 13.2. The lowest BCUT2D eigenvalue weighted by molar-refractivity contribution is -0.117. The van der Waals surface area contributed by atoms with Gasteiger partial charge in [0, 0.05) is 62.4 Å². The standard InChI is InChI=1S/C17H18FN5O3S.C17H21FN4O3.C17H21FN4O2S.C17H20FN3O3.C12H10FN5OS.CH3I.ClH.H4N2/c1-17(2,3)26-15(24)19-13-8-11(9-14-20-21-16(25)27-14)22-23(13)12-6-4-10(18)5-7-12;1-17(2,3)25-16(24)20-15-9-12(8-14(23)10-19)21-22(15)13-6-4-11(18)5-7-13;1-17(2,3)24-16(23)20-15-9-12(8-14(25)10-19)21-22(15)13-6-4-11(18)5-7-13;1-11(22)9-13-10-15(19-16(23)24-17(2,3)4)21(20-13)14-7-5-12(18)6-8-14;13-7-1-3-9(4-2-7)18-10(14)5-8(17-18)6-11-15-16-12(19)20-11;1-2;;1-2/h4-8H,9H2,1-3H3,(H,19,24)(H,21,25);4-7,9H,8,10,19H2,1-3H3,(H,20,24);4-7,9H,8,10,19H2,1-3H3,(H,20,23);5-8,10H,9H2,1-4H3,(H,19,23);1-5H,6,14H2,(H,16,19);1H3;1H;1-2H2/i;;;;;1D;;. The van der Waals surface area contributed by atoms with Gasteiger partial charge < -0.3 is 36.1 Å². The van der Waals surface area contributed by atoms with Gasteiger partial charge in [0.05, 0.1) is 76.3 Å². The summed E-state index contributed by atoms with van der Waals surface area (Å²) in [6.45, 7) is 22.7. The van der Waals surface area contributed by atoms with E-state index in [0.717, 1.165) is 22.7 Å². The molecule has 12 rings (SSSR count). The number of thiocarbonyl (C=S) groups is 1. The number of amides is 4. The molecule has 7 aromatic heterocycles. The fourth-order valence-electron chi connectivity index (χ4n) is 10.3. The molecule has 0 radical (unpaired) electrons. The zero-order chi connectivity index (χ0) is 93.6. The second kappa shape index (κ2) is 48.3. The van der Waals surface area contributed by atoms with Crippen LogP contribution in [-0.2, 0) is 60.6 Å². The normalized spacial score (nSPS) is 11.0. The molecule has 35 nitrogen and oxygen atoms in total. The van der Waals surface area contributed by atoms with Crippen molar-refractivity contribution in [1.29, 1.82) is 0 Å². The maximum absolute atomic E-state index is 13.2. The van der Waals surface area contributed by atoms with Crippen LogP contribution < -0.4 is 59.9 Å². The largest absolute Gasteiger partial charge is 0.444 e. The molecule has 45 heteroatoms. The average molecular weight is 1940 g/mol. The molecule has 4 amide bonds. The molecular weight excluding hydrogens is 1840 g/mol. The number of H-pyrrole nitrogens is 2. The number of hydrazine groups is 1. The lowest BCUT2D eigenvalue weighted by atomic mass is 10.2. The maximum Gasteiger partial charge on any atom is 0.413 e. The molecule has 0 aliphatic rings. The lowest BCUT2D eigenvalue weighted by Gasteiger charge is -2.19. The Labute approximate surface area is 755 Å². The van der Waals surface area contributed by atoms with Crippen LogP contribution in [0.3, 0.4) is 0 Å². The van der Waals surface area contributed by atoms with Crippen LogP contribution in [0.1, 0.15) is 130 Å². The molecule has 0 bridgehead atoms. The number of ether oxygens (including phenoxy) is 4. The van der Waals surface area contributed by atoms with Gasteiger partial charge in [-0.25, -0.2) is 74.7 Å². The zero-order valence-corrected chi connectivity index (χ0v) is 76.1. The van der Waals surface area contributed by atoms with Gasteiger partial charge in [0.25, 0.3) is 0 Å². The fourth-order valence-corrected chi connectivity index (χ4v) is 11.7. The van der Waals surface area contributed by atoms with Crippen LogP contribution in [0.4, 0.5) is 70.2 Å². The third-order valence-corrected chi connectivity index (χ3v) is 16.8. The van der Waals surface area contributed by atoms with Gasteiger partial charge in [0.2, 0.25) is 0 Å². The monoisotopic (exact) mass is 1940 g/mol. The lowest BCUT2D eigenvalue weighted by Crippen LogP contribution is -2.28. The Kier molecular flexibility index (Phi) is 39.2. The van der Waals surface area contributed by atoms with Gasteiger partial charge in [-0.15, -0.1) is 12.4 Å². The van der Waals surface area contributed by atoms with Crippen molar-refractivity contribution in [2.75, 3.05) is 45.0 Å². The molecule has 7 heterocycles. The molecule has 126 heavy (non-hydrogen) atoms. The van der Waals surface area contributed by atoms with Crippen molar-refractivity contribution in [3.63, 3.8) is 0 Å². The molecular formula is C81H98ClF5IN23O12S3. The number of nitrogen functional groups attached to an aromatic ring is 1. The minimum atomic E-state index is -0.664. The number of hydrogen-bond donors (Lipinski definition) is 11. The number of aromatic nitrogens is 14. The Bertz CT molecular complexity index is 5590. The number of aromatic amines is 2. The molecule has 0 spiro atoms. The summed E-state index contributed by atoms with van der Waals surface area (Å²) in [5, 5.41) is 46.0. The van der Waals surface area contributed by atoms with E-state index in [9.17, 15) is 60.3 Å². The van der Waals surface area contributed by atoms with Crippen LogP contribution in [-0.4, -0.2) is 151 Å². The predicted octanol–water partition coefficient (Wildman–Crippen LogP) is 13.9. The van der Waals surface area contributed by atoms with E-state index >= 15 is 0 Å². The molecule has 0 saturated carbocycles. The highest BCUT2D eigenvalue weighted by molar-refractivity contribution is 14.1. The van der Waals surface area contributed by atoms with E-state index in [-0.39, 0.29) is 82.9 Å². The molecule has 16 N–H and O–H groups in total. The average Bonchev–Trinajstić information content (AvgIpc) is 1.70. The molecule has 0 saturated heterocycles. The van der Waals surface area contributed by atoms with E-state index < -0.39 is 52.6 Å². The summed E-state index contributed by atoms with van der Waals surface area (Å²) in [6, 6.07) is 36.7. The van der Waals surface area contributed by atoms with Crippen LogP contribution >= 0.6 is 69.9 Å². The topological polar surface area (TPSA) is 498 Å². The molecule has 12 aromatic rings. The van der Waals surface area contributed by atoms with Crippen LogP contribution in [0, 0.1) is 29.1 Å². The third-order valence-electron chi connectivity index (χ3n) is 15.0. The number of nitrogens with two attached hydrogens (primary N) is 5. The minimum absolute atomic E-state index is 0. The highest BCUT2D eigenvalue weighted by Crippen LogP contribution is 2.27. The number of hydrogen-bond acceptors (Lipinski definition) is 27. The number of Topliss-reactive ketones (excluding diaryl/α,β-unsaturated/α-hetero) is 2. The van der Waals surface area contributed by atoms with Gasteiger partial charge in [0.15, 0.2) is 5.78 Å². The first-order valence-corrected chi connectivity index (χ1v) is 41.0. The highest BCUT2D eigenvalue weighted by atomic mass is 127. The van der Waals surface area contributed by atoms with Crippen molar-refractivity contribution >= 4 is 140 Å². The molecule has 0 atom stereocenters. The molecule has 0 aliphatic carbocycles. The second-order valence-electron chi connectivity index (χ2n) is 30.2. The van der Waals surface area contributed by atoms with Crippen molar-refractivity contribution in [2.45, 2.75) is 145 Å². The summed E-state index contributed by atoms with van der Waals surface area (Å²) in [7, 11) is 0. The molecule has 0 fully saturated rings. The SMILES string of the molecule is CC(=O)Cc1cc(NC(=O)OC(C)(C)C)n(-c2ccc(F)cc2)n1.CC(C)(C)OC(=O)Nc1cc(CC(=O)CN)nn1-c1ccc(F)cc1.CC(C)(C)OC(=O)Nc1cc(CC(=S)CN)nn1-c1ccc(F)cc1.CC(C)(C)OC(=O)Nc1cc(Cc2n[nH]c(=O)s2)nn1-c1ccc(F)cc1.Cl.NN.Nc1cc(Cc2n[nH]c(=O)s2)nn1-c1ccc(F)cc1.[2H]CI. The Morgan fingerprint density at radius 2 is 0.683 bits per heavy atom. The number of nitrogens with zero attached hydrogens (tertiary/aromatic N) is 12. The number of anilines is 5. The van der Waals surface area contributed by atoms with Crippen molar-refractivity contribution in [3.8, 4) is 28.4 Å². The van der Waals surface area contributed by atoms with Gasteiger partial charge in [-0.2, -0.15) is 35.7 Å². The van der Waals surface area contributed by atoms with Crippen LogP contribution in [0.5, 0.6) is 0 Å².